The molecule has 29 heavy (non-hydrogen) atoms. The van der Waals surface area contributed by atoms with E-state index in [1.165, 1.54) is 0 Å². The molecular weight excluding hydrogens is 386 g/mol. The van der Waals surface area contributed by atoms with Crippen LogP contribution in [0.1, 0.15) is 11.4 Å². The number of aromatic nitrogens is 2. The van der Waals surface area contributed by atoms with E-state index in [9.17, 15) is 4.79 Å². The van der Waals surface area contributed by atoms with Crippen LogP contribution in [0.15, 0.2) is 72.8 Å². The van der Waals surface area contributed by atoms with E-state index in [0.717, 1.165) is 22.3 Å². The number of rotatable bonds is 6. The Kier molecular flexibility index (Phi) is 5.49. The number of amides is 1. The molecule has 6 heteroatoms. The first-order valence-corrected chi connectivity index (χ1v) is 9.66. The second kappa shape index (κ2) is 8.37. The third-order valence-corrected chi connectivity index (χ3v) is 4.87. The minimum absolute atomic E-state index is 0.135. The van der Waals surface area contributed by atoms with E-state index in [1.807, 2.05) is 60.0 Å². The fourth-order valence-electron chi connectivity index (χ4n) is 3.15. The summed E-state index contributed by atoms with van der Waals surface area (Å²) in [6.45, 7) is 2.40. The normalized spacial score (nSPS) is 10.8. The van der Waals surface area contributed by atoms with Crippen LogP contribution in [-0.4, -0.2) is 15.5 Å². The van der Waals surface area contributed by atoms with Gasteiger partial charge in [-0.25, -0.2) is 4.98 Å². The minimum atomic E-state index is -0.146. The molecule has 0 fully saturated rings. The molecule has 4 aromatic rings. The lowest BCUT2D eigenvalue weighted by Gasteiger charge is -2.12. The second-order valence-electron chi connectivity index (χ2n) is 6.71. The molecular formula is C23H20ClN3O2. The van der Waals surface area contributed by atoms with E-state index in [2.05, 4.69) is 10.3 Å². The number of nitrogens with one attached hydrogen (secondary N) is 1. The molecule has 1 heterocycles. The topological polar surface area (TPSA) is 56.2 Å². The lowest BCUT2D eigenvalue weighted by Crippen LogP contribution is -2.20. The van der Waals surface area contributed by atoms with Crippen molar-refractivity contribution in [3.63, 3.8) is 0 Å². The first-order chi connectivity index (χ1) is 14.1. The molecule has 0 saturated heterocycles. The Hall–Kier alpha value is -3.31. The number of fused-ring (bicyclic) bond motifs is 1. The Bertz CT molecular complexity index is 1150. The molecule has 0 aliphatic rings. The van der Waals surface area contributed by atoms with E-state index in [1.54, 1.807) is 24.3 Å². The Balaban J connectivity index is 1.57. The summed E-state index contributed by atoms with van der Waals surface area (Å²) in [6, 6.07) is 22.6. The molecule has 1 N–H and O–H groups in total. The maximum Gasteiger partial charge on any atom is 0.244 e. The molecule has 1 aromatic heterocycles. The van der Waals surface area contributed by atoms with E-state index in [0.29, 0.717) is 16.5 Å². The van der Waals surface area contributed by atoms with Gasteiger partial charge in [-0.15, -0.1) is 0 Å². The van der Waals surface area contributed by atoms with Gasteiger partial charge in [0.25, 0.3) is 0 Å². The van der Waals surface area contributed by atoms with Gasteiger partial charge in [0.2, 0.25) is 5.91 Å². The molecule has 4 rings (SSSR count). The molecule has 0 saturated carbocycles. The summed E-state index contributed by atoms with van der Waals surface area (Å²) in [6.07, 6.45) is 0. The van der Waals surface area contributed by atoms with Crippen molar-refractivity contribution >= 4 is 34.2 Å². The number of anilines is 1. The lowest BCUT2D eigenvalue weighted by atomic mass is 10.2. The van der Waals surface area contributed by atoms with Gasteiger partial charge >= 0.3 is 0 Å². The number of nitrogens with zero attached hydrogens (tertiary/aromatic N) is 2. The molecule has 0 aliphatic carbocycles. The molecule has 0 spiro atoms. The van der Waals surface area contributed by atoms with Gasteiger partial charge in [-0.05, 0) is 55.0 Å². The SMILES string of the molecule is Cc1ccccc1OCc1nc2ccccc2n1CC(=O)Nc1ccc(Cl)cc1. The number of halogens is 1. The second-order valence-corrected chi connectivity index (χ2v) is 7.15. The van der Waals surface area contributed by atoms with Crippen molar-refractivity contribution in [1.82, 2.24) is 9.55 Å². The summed E-state index contributed by atoms with van der Waals surface area (Å²) >= 11 is 5.91. The number of imidazole rings is 1. The highest BCUT2D eigenvalue weighted by atomic mass is 35.5. The monoisotopic (exact) mass is 405 g/mol. The summed E-state index contributed by atoms with van der Waals surface area (Å²) in [4.78, 5) is 17.3. The van der Waals surface area contributed by atoms with Crippen molar-refractivity contribution in [3.8, 4) is 5.75 Å². The van der Waals surface area contributed by atoms with Crippen molar-refractivity contribution in [2.75, 3.05) is 5.32 Å². The summed E-state index contributed by atoms with van der Waals surface area (Å²) < 4.78 is 7.86. The molecule has 0 atom stereocenters. The summed E-state index contributed by atoms with van der Waals surface area (Å²) in [5.74, 6) is 1.35. The van der Waals surface area contributed by atoms with Gasteiger partial charge in [0, 0.05) is 10.7 Å². The minimum Gasteiger partial charge on any atom is -0.485 e. The van der Waals surface area contributed by atoms with Crippen LogP contribution < -0.4 is 10.1 Å². The van der Waals surface area contributed by atoms with Crippen molar-refractivity contribution in [2.45, 2.75) is 20.1 Å². The highest BCUT2D eigenvalue weighted by molar-refractivity contribution is 6.30. The van der Waals surface area contributed by atoms with Crippen LogP contribution in [0, 0.1) is 6.92 Å². The zero-order valence-corrected chi connectivity index (χ0v) is 16.7. The van der Waals surface area contributed by atoms with Crippen LogP contribution in [0.2, 0.25) is 5.02 Å². The van der Waals surface area contributed by atoms with Gasteiger partial charge in [0.05, 0.1) is 11.0 Å². The number of aryl methyl sites for hydroxylation is 1. The number of carbonyl (C=O) groups excluding carboxylic acids is 1. The molecule has 0 unspecified atom stereocenters. The third-order valence-electron chi connectivity index (χ3n) is 4.61. The van der Waals surface area contributed by atoms with Crippen molar-refractivity contribution in [3.05, 3.63) is 89.2 Å². The zero-order valence-electron chi connectivity index (χ0n) is 15.9. The van der Waals surface area contributed by atoms with E-state index in [4.69, 9.17) is 16.3 Å². The van der Waals surface area contributed by atoms with Gasteiger partial charge in [-0.2, -0.15) is 0 Å². The van der Waals surface area contributed by atoms with E-state index in [-0.39, 0.29) is 19.1 Å². The summed E-state index contributed by atoms with van der Waals surface area (Å²) in [5, 5.41) is 3.52. The smallest absolute Gasteiger partial charge is 0.244 e. The van der Waals surface area contributed by atoms with Gasteiger partial charge in [0.1, 0.15) is 24.7 Å². The van der Waals surface area contributed by atoms with Gasteiger partial charge < -0.3 is 14.6 Å². The largest absolute Gasteiger partial charge is 0.485 e. The Morgan fingerprint density at radius 3 is 2.55 bits per heavy atom. The predicted molar refractivity (Wildman–Crippen MR) is 115 cm³/mol. The number of para-hydroxylation sites is 3. The summed E-state index contributed by atoms with van der Waals surface area (Å²) in [7, 11) is 0. The number of ether oxygens (including phenoxy) is 1. The number of hydrogen-bond donors (Lipinski definition) is 1. The van der Waals surface area contributed by atoms with Crippen LogP contribution in [0.3, 0.4) is 0 Å². The van der Waals surface area contributed by atoms with Crippen molar-refractivity contribution in [2.24, 2.45) is 0 Å². The van der Waals surface area contributed by atoms with E-state index >= 15 is 0 Å². The quantitative estimate of drug-likeness (QED) is 0.478. The lowest BCUT2D eigenvalue weighted by molar-refractivity contribution is -0.116. The highest BCUT2D eigenvalue weighted by Crippen LogP contribution is 2.21. The molecule has 0 aliphatic heterocycles. The van der Waals surface area contributed by atoms with E-state index < -0.39 is 0 Å². The average Bonchev–Trinajstić information content (AvgIpc) is 3.06. The fraction of sp³-hybridized carbons (Fsp3) is 0.130. The highest BCUT2D eigenvalue weighted by Gasteiger charge is 2.15. The van der Waals surface area contributed by atoms with Crippen LogP contribution in [-0.2, 0) is 17.9 Å². The zero-order chi connectivity index (χ0) is 20.2. The third kappa shape index (κ3) is 4.41. The number of benzene rings is 3. The van der Waals surface area contributed by atoms with Crippen LogP contribution in [0.25, 0.3) is 11.0 Å². The van der Waals surface area contributed by atoms with Crippen molar-refractivity contribution in [1.29, 1.82) is 0 Å². The Morgan fingerprint density at radius 1 is 1.03 bits per heavy atom. The number of carbonyl (C=O) groups is 1. The van der Waals surface area contributed by atoms with Crippen molar-refractivity contribution < 1.29 is 9.53 Å². The summed E-state index contributed by atoms with van der Waals surface area (Å²) in [5.41, 5.74) is 3.47. The first-order valence-electron chi connectivity index (χ1n) is 9.28. The average molecular weight is 406 g/mol. The maximum atomic E-state index is 12.7. The van der Waals surface area contributed by atoms with Crippen LogP contribution >= 0.6 is 11.6 Å². The molecule has 0 radical (unpaired) electrons. The molecule has 0 bridgehead atoms. The number of hydrogen-bond acceptors (Lipinski definition) is 3. The van der Waals surface area contributed by atoms with Gasteiger partial charge in [0.15, 0.2) is 0 Å². The fourth-order valence-corrected chi connectivity index (χ4v) is 3.28. The molecule has 1 amide bonds. The maximum absolute atomic E-state index is 12.7. The molecule has 5 nitrogen and oxygen atoms in total. The standard InChI is InChI=1S/C23H20ClN3O2/c1-16-6-2-5-9-21(16)29-15-22-26-19-7-3-4-8-20(19)27(22)14-23(28)25-18-12-10-17(24)11-13-18/h2-13H,14-15H2,1H3,(H,25,28). The molecule has 3 aromatic carbocycles. The molecule has 146 valence electrons. The Morgan fingerprint density at radius 2 is 1.76 bits per heavy atom. The van der Waals surface area contributed by atoms with Crippen LogP contribution in [0.5, 0.6) is 5.75 Å². The van der Waals surface area contributed by atoms with Gasteiger partial charge in [-0.3, -0.25) is 4.79 Å². The predicted octanol–water partition coefficient (Wildman–Crippen LogP) is 5.22. The van der Waals surface area contributed by atoms with Crippen LogP contribution in [0.4, 0.5) is 5.69 Å². The van der Waals surface area contributed by atoms with Gasteiger partial charge in [-0.1, -0.05) is 41.9 Å². The first kappa shape index (κ1) is 19.0. The Labute approximate surface area is 173 Å².